The monoisotopic (exact) mass is 198 g/mol. The van der Waals surface area contributed by atoms with E-state index in [4.69, 9.17) is 5.73 Å². The number of hydrogen-bond acceptors (Lipinski definition) is 4. The number of rotatable bonds is 2. The van der Waals surface area contributed by atoms with E-state index < -0.39 is 9.84 Å². The Kier molecular flexibility index (Phi) is 2.67. The molecule has 1 aromatic rings. The summed E-state index contributed by atoms with van der Waals surface area (Å²) in [6.45, 7) is 1.63. The molecule has 70 valence electrons. The summed E-state index contributed by atoms with van der Waals surface area (Å²) in [4.78, 5) is 3.75. The van der Waals surface area contributed by atoms with Crippen LogP contribution in [0.2, 0.25) is 0 Å². The molecular formula is C8H10N2O2S. The van der Waals surface area contributed by atoms with Crippen molar-refractivity contribution in [2.75, 3.05) is 5.73 Å². The molecule has 1 heterocycles. The molecule has 0 aliphatic carbocycles. The average molecular weight is 198 g/mol. The molecule has 1 aromatic heterocycles. The smallest absolute Gasteiger partial charge is 0.203 e. The fourth-order valence-electron chi connectivity index (χ4n) is 0.881. The molecule has 0 bridgehead atoms. The summed E-state index contributed by atoms with van der Waals surface area (Å²) < 4.78 is 22.9. The van der Waals surface area contributed by atoms with E-state index in [-0.39, 0.29) is 10.6 Å². The van der Waals surface area contributed by atoms with Crippen molar-refractivity contribution in [2.24, 2.45) is 0 Å². The van der Waals surface area contributed by atoms with Crippen molar-refractivity contribution in [1.29, 1.82) is 0 Å². The largest absolute Gasteiger partial charge is 0.398 e. The van der Waals surface area contributed by atoms with Gasteiger partial charge in [-0.1, -0.05) is 6.08 Å². The van der Waals surface area contributed by atoms with Crippen molar-refractivity contribution in [1.82, 2.24) is 4.98 Å². The van der Waals surface area contributed by atoms with Gasteiger partial charge in [-0.25, -0.2) is 8.42 Å². The highest BCUT2D eigenvalue weighted by molar-refractivity contribution is 7.94. The SMILES string of the molecule is C/C=C/S(=O)(=O)c1cnccc1N. The van der Waals surface area contributed by atoms with Gasteiger partial charge in [0.05, 0.1) is 5.69 Å². The van der Waals surface area contributed by atoms with Crippen molar-refractivity contribution < 1.29 is 8.42 Å². The van der Waals surface area contributed by atoms with Gasteiger partial charge in [-0.3, -0.25) is 4.98 Å². The van der Waals surface area contributed by atoms with Crippen LogP contribution >= 0.6 is 0 Å². The van der Waals surface area contributed by atoms with Gasteiger partial charge in [0.1, 0.15) is 4.90 Å². The summed E-state index contributed by atoms with van der Waals surface area (Å²) in [6, 6.07) is 1.45. The van der Waals surface area contributed by atoms with E-state index in [0.717, 1.165) is 5.41 Å². The molecule has 0 aromatic carbocycles. The zero-order valence-electron chi connectivity index (χ0n) is 7.14. The van der Waals surface area contributed by atoms with Crippen molar-refractivity contribution in [2.45, 2.75) is 11.8 Å². The van der Waals surface area contributed by atoms with E-state index in [1.807, 2.05) is 0 Å². The van der Waals surface area contributed by atoms with Gasteiger partial charge >= 0.3 is 0 Å². The molecule has 4 nitrogen and oxygen atoms in total. The minimum absolute atomic E-state index is 0.0492. The molecule has 0 fully saturated rings. The first-order valence-corrected chi connectivity index (χ1v) is 5.20. The number of nitrogens with two attached hydrogens (primary N) is 1. The van der Waals surface area contributed by atoms with Crippen LogP contribution in [0.4, 0.5) is 5.69 Å². The van der Waals surface area contributed by atoms with Crippen LogP contribution in [-0.2, 0) is 9.84 Å². The van der Waals surface area contributed by atoms with Crippen molar-refractivity contribution >= 4 is 15.5 Å². The lowest BCUT2D eigenvalue weighted by Gasteiger charge is -2.00. The third-order valence-electron chi connectivity index (χ3n) is 1.44. The molecule has 1 rings (SSSR count). The molecule has 0 unspecified atom stereocenters. The lowest BCUT2D eigenvalue weighted by Crippen LogP contribution is -2.01. The number of hydrogen-bond donors (Lipinski definition) is 1. The van der Waals surface area contributed by atoms with Crippen LogP contribution in [0.25, 0.3) is 0 Å². The predicted octanol–water partition coefficient (Wildman–Crippen LogP) is 0.971. The Morgan fingerprint density at radius 1 is 1.54 bits per heavy atom. The molecular weight excluding hydrogens is 188 g/mol. The van der Waals surface area contributed by atoms with Crippen LogP contribution in [0.5, 0.6) is 0 Å². The standard InChI is InChI=1S/C8H10N2O2S/c1-2-5-13(11,12)8-6-10-4-3-7(8)9/h2-6H,1H3,(H2,9,10)/b5-2+. The van der Waals surface area contributed by atoms with Crippen molar-refractivity contribution in [3.8, 4) is 0 Å². The first-order chi connectivity index (χ1) is 6.08. The molecule has 5 heteroatoms. The van der Waals surface area contributed by atoms with E-state index in [1.165, 1.54) is 24.5 Å². The average Bonchev–Trinajstić information content (AvgIpc) is 2.04. The topological polar surface area (TPSA) is 73.0 Å². The summed E-state index contributed by atoms with van der Waals surface area (Å²) in [5, 5.41) is 1.10. The van der Waals surface area contributed by atoms with Crippen LogP contribution in [0.1, 0.15) is 6.92 Å². The summed E-state index contributed by atoms with van der Waals surface area (Å²) >= 11 is 0. The maximum Gasteiger partial charge on any atom is 0.203 e. The van der Waals surface area contributed by atoms with Crippen LogP contribution in [-0.4, -0.2) is 13.4 Å². The van der Waals surface area contributed by atoms with Gasteiger partial charge in [0, 0.05) is 17.8 Å². The maximum atomic E-state index is 11.4. The molecule has 0 atom stereocenters. The Bertz CT molecular complexity index is 424. The Morgan fingerprint density at radius 2 is 2.23 bits per heavy atom. The first kappa shape index (κ1) is 9.73. The van der Waals surface area contributed by atoms with Gasteiger partial charge in [0.2, 0.25) is 9.84 Å². The molecule has 2 N–H and O–H groups in total. The predicted molar refractivity (Wildman–Crippen MR) is 50.6 cm³/mol. The highest BCUT2D eigenvalue weighted by Crippen LogP contribution is 2.17. The van der Waals surface area contributed by atoms with Gasteiger partial charge in [-0.05, 0) is 13.0 Å². The third-order valence-corrected chi connectivity index (χ3v) is 3.02. The molecule has 0 radical (unpaired) electrons. The number of nitrogen functional groups attached to an aromatic ring is 1. The fourth-order valence-corrected chi connectivity index (χ4v) is 1.99. The Hall–Kier alpha value is -1.36. The quantitative estimate of drug-likeness (QED) is 0.768. The fraction of sp³-hybridized carbons (Fsp3) is 0.125. The van der Waals surface area contributed by atoms with Gasteiger partial charge < -0.3 is 5.73 Å². The molecule has 13 heavy (non-hydrogen) atoms. The minimum Gasteiger partial charge on any atom is -0.398 e. The van der Waals surface area contributed by atoms with Gasteiger partial charge in [0.25, 0.3) is 0 Å². The zero-order chi connectivity index (χ0) is 9.90. The number of sulfone groups is 1. The molecule has 0 aliphatic rings. The van der Waals surface area contributed by atoms with E-state index in [9.17, 15) is 8.42 Å². The highest BCUT2D eigenvalue weighted by atomic mass is 32.2. The first-order valence-electron chi connectivity index (χ1n) is 3.65. The summed E-state index contributed by atoms with van der Waals surface area (Å²) in [7, 11) is -3.41. The lowest BCUT2D eigenvalue weighted by molar-refractivity contribution is 0.604. The number of anilines is 1. The van der Waals surface area contributed by atoms with E-state index in [1.54, 1.807) is 6.92 Å². The Balaban J connectivity index is 3.31. The number of aromatic nitrogens is 1. The summed E-state index contributed by atoms with van der Waals surface area (Å²) in [5.74, 6) is 0. The highest BCUT2D eigenvalue weighted by Gasteiger charge is 2.13. The summed E-state index contributed by atoms with van der Waals surface area (Å²) in [6.07, 6.45) is 4.14. The Labute approximate surface area is 77.0 Å². The number of pyridine rings is 1. The molecule has 0 spiro atoms. The second kappa shape index (κ2) is 3.57. The van der Waals surface area contributed by atoms with E-state index >= 15 is 0 Å². The maximum absolute atomic E-state index is 11.4. The minimum atomic E-state index is -3.41. The van der Waals surface area contributed by atoms with Gasteiger partial charge in [-0.15, -0.1) is 0 Å². The number of nitrogens with zero attached hydrogens (tertiary/aromatic N) is 1. The second-order valence-electron chi connectivity index (χ2n) is 2.43. The van der Waals surface area contributed by atoms with E-state index in [2.05, 4.69) is 4.98 Å². The Morgan fingerprint density at radius 3 is 2.77 bits per heavy atom. The van der Waals surface area contributed by atoms with Gasteiger partial charge in [-0.2, -0.15) is 0 Å². The molecule has 0 saturated heterocycles. The number of allylic oxidation sites excluding steroid dienone is 1. The van der Waals surface area contributed by atoms with Crippen LogP contribution in [0.3, 0.4) is 0 Å². The van der Waals surface area contributed by atoms with Gasteiger partial charge in [0.15, 0.2) is 0 Å². The van der Waals surface area contributed by atoms with E-state index in [0.29, 0.717) is 0 Å². The third kappa shape index (κ3) is 2.06. The van der Waals surface area contributed by atoms with Crippen LogP contribution in [0, 0.1) is 0 Å². The van der Waals surface area contributed by atoms with Crippen molar-refractivity contribution in [3.05, 3.63) is 29.9 Å². The second-order valence-corrected chi connectivity index (χ2v) is 4.23. The molecule has 0 aliphatic heterocycles. The molecule has 0 amide bonds. The van der Waals surface area contributed by atoms with Crippen LogP contribution in [0.15, 0.2) is 34.8 Å². The lowest BCUT2D eigenvalue weighted by atomic mass is 10.4. The van der Waals surface area contributed by atoms with Crippen LogP contribution < -0.4 is 5.73 Å². The summed E-state index contributed by atoms with van der Waals surface area (Å²) in [5.41, 5.74) is 5.70. The molecule has 0 saturated carbocycles. The van der Waals surface area contributed by atoms with Crippen molar-refractivity contribution in [3.63, 3.8) is 0 Å². The zero-order valence-corrected chi connectivity index (χ0v) is 7.95. The normalized spacial score (nSPS) is 12.1.